The van der Waals surface area contributed by atoms with Gasteiger partial charge in [-0.1, -0.05) is 19.8 Å². The molecule has 0 aliphatic carbocycles. The molecule has 0 unspecified atom stereocenters. The maximum Gasteiger partial charge on any atom is 0.170 e. The maximum atomic E-state index is 5.30. The molecule has 0 spiro atoms. The molecule has 0 aliphatic heterocycles. The van der Waals surface area contributed by atoms with Crippen LogP contribution < -0.4 is 20.1 Å². The Labute approximate surface area is 120 Å². The molecule has 0 aromatic heterocycles. The molecule has 1 aromatic rings. The molecule has 0 saturated heterocycles. The fraction of sp³-hybridized carbons (Fsp3) is 0.500. The van der Waals surface area contributed by atoms with E-state index >= 15 is 0 Å². The zero-order valence-corrected chi connectivity index (χ0v) is 12.6. The number of anilines is 1. The number of unbranched alkanes of at least 4 members (excludes halogenated alkanes) is 2. The van der Waals surface area contributed by atoms with Crippen molar-refractivity contribution in [3.8, 4) is 11.5 Å². The van der Waals surface area contributed by atoms with Crippen LogP contribution in [0.1, 0.15) is 26.2 Å². The van der Waals surface area contributed by atoms with Crippen LogP contribution in [0, 0.1) is 0 Å². The average molecular weight is 282 g/mol. The minimum atomic E-state index is 0.611. The second kappa shape index (κ2) is 8.58. The highest BCUT2D eigenvalue weighted by Gasteiger charge is 2.06. The zero-order chi connectivity index (χ0) is 14.1. The number of thiocarbonyl (C=S) groups is 1. The van der Waals surface area contributed by atoms with Crippen molar-refractivity contribution in [3.05, 3.63) is 18.2 Å². The summed E-state index contributed by atoms with van der Waals surface area (Å²) in [5.74, 6) is 1.46. The van der Waals surface area contributed by atoms with E-state index in [4.69, 9.17) is 21.7 Å². The topological polar surface area (TPSA) is 42.5 Å². The van der Waals surface area contributed by atoms with Crippen LogP contribution in [0.2, 0.25) is 0 Å². The van der Waals surface area contributed by atoms with E-state index in [9.17, 15) is 0 Å². The SMILES string of the molecule is CCCCCNC(=S)Nc1ccc(OC)cc1OC. The smallest absolute Gasteiger partial charge is 0.170 e. The van der Waals surface area contributed by atoms with Gasteiger partial charge in [-0.15, -0.1) is 0 Å². The lowest BCUT2D eigenvalue weighted by Crippen LogP contribution is -2.29. The van der Waals surface area contributed by atoms with Crippen LogP contribution in [0.25, 0.3) is 0 Å². The van der Waals surface area contributed by atoms with Gasteiger partial charge in [0.05, 0.1) is 19.9 Å². The van der Waals surface area contributed by atoms with Crippen LogP contribution in [-0.4, -0.2) is 25.9 Å². The third-order valence-corrected chi connectivity index (χ3v) is 2.97. The van der Waals surface area contributed by atoms with Gasteiger partial charge in [0.15, 0.2) is 5.11 Å². The molecule has 0 bridgehead atoms. The van der Waals surface area contributed by atoms with Gasteiger partial charge < -0.3 is 20.1 Å². The molecule has 19 heavy (non-hydrogen) atoms. The largest absolute Gasteiger partial charge is 0.497 e. The predicted molar refractivity (Wildman–Crippen MR) is 83.3 cm³/mol. The molecule has 1 rings (SSSR count). The van der Waals surface area contributed by atoms with Crippen molar-refractivity contribution in [1.82, 2.24) is 5.32 Å². The summed E-state index contributed by atoms with van der Waals surface area (Å²) >= 11 is 5.25. The van der Waals surface area contributed by atoms with Gasteiger partial charge in [-0.2, -0.15) is 0 Å². The molecular formula is C14H22N2O2S. The molecule has 0 radical (unpaired) electrons. The van der Waals surface area contributed by atoms with E-state index < -0.39 is 0 Å². The van der Waals surface area contributed by atoms with Gasteiger partial charge in [0.2, 0.25) is 0 Å². The summed E-state index contributed by atoms with van der Waals surface area (Å²) in [4.78, 5) is 0. The zero-order valence-electron chi connectivity index (χ0n) is 11.8. The summed E-state index contributed by atoms with van der Waals surface area (Å²) in [6.45, 7) is 3.07. The number of hydrogen-bond donors (Lipinski definition) is 2. The van der Waals surface area contributed by atoms with Crippen molar-refractivity contribution in [2.24, 2.45) is 0 Å². The van der Waals surface area contributed by atoms with Crippen LogP contribution in [0.3, 0.4) is 0 Å². The van der Waals surface area contributed by atoms with Gasteiger partial charge >= 0.3 is 0 Å². The van der Waals surface area contributed by atoms with Crippen molar-refractivity contribution < 1.29 is 9.47 Å². The third kappa shape index (κ3) is 5.34. The summed E-state index contributed by atoms with van der Waals surface area (Å²) in [6, 6.07) is 5.57. The van der Waals surface area contributed by atoms with Crippen molar-refractivity contribution in [3.63, 3.8) is 0 Å². The lowest BCUT2D eigenvalue weighted by molar-refractivity contribution is 0.395. The second-order valence-corrected chi connectivity index (χ2v) is 4.56. The second-order valence-electron chi connectivity index (χ2n) is 4.15. The van der Waals surface area contributed by atoms with Crippen LogP contribution in [0.5, 0.6) is 11.5 Å². The van der Waals surface area contributed by atoms with Crippen LogP contribution in [0.4, 0.5) is 5.69 Å². The van der Waals surface area contributed by atoms with E-state index in [1.165, 1.54) is 12.8 Å². The molecule has 0 atom stereocenters. The Balaban J connectivity index is 2.53. The van der Waals surface area contributed by atoms with E-state index in [2.05, 4.69) is 17.6 Å². The summed E-state index contributed by atoms with van der Waals surface area (Å²) < 4.78 is 10.5. The lowest BCUT2D eigenvalue weighted by atomic mass is 10.2. The number of ether oxygens (including phenoxy) is 2. The van der Waals surface area contributed by atoms with E-state index in [1.54, 1.807) is 14.2 Å². The van der Waals surface area contributed by atoms with Crippen LogP contribution >= 0.6 is 12.2 Å². The molecule has 0 saturated carbocycles. The summed E-state index contributed by atoms with van der Waals surface area (Å²) in [6.07, 6.45) is 3.54. The van der Waals surface area contributed by atoms with Crippen LogP contribution in [-0.2, 0) is 0 Å². The van der Waals surface area contributed by atoms with Gasteiger partial charge in [-0.3, -0.25) is 0 Å². The molecular weight excluding hydrogens is 260 g/mol. The molecule has 0 fully saturated rings. The Morgan fingerprint density at radius 1 is 1.21 bits per heavy atom. The Morgan fingerprint density at radius 3 is 2.63 bits per heavy atom. The molecule has 2 N–H and O–H groups in total. The Morgan fingerprint density at radius 2 is 2.00 bits per heavy atom. The molecule has 0 amide bonds. The highest BCUT2D eigenvalue weighted by atomic mass is 32.1. The standard InChI is InChI=1S/C14H22N2O2S/c1-4-5-6-9-15-14(19)16-12-8-7-11(17-2)10-13(12)18-3/h7-8,10H,4-6,9H2,1-3H3,(H2,15,16,19). The number of nitrogens with one attached hydrogen (secondary N) is 2. The normalized spacial score (nSPS) is 9.84. The fourth-order valence-electron chi connectivity index (χ4n) is 1.65. The van der Waals surface area contributed by atoms with Crippen molar-refractivity contribution in [2.45, 2.75) is 26.2 Å². The van der Waals surface area contributed by atoms with Crippen molar-refractivity contribution in [1.29, 1.82) is 0 Å². The highest BCUT2D eigenvalue weighted by Crippen LogP contribution is 2.28. The average Bonchev–Trinajstić information content (AvgIpc) is 2.44. The van der Waals surface area contributed by atoms with E-state index in [0.29, 0.717) is 10.9 Å². The number of hydrogen-bond acceptors (Lipinski definition) is 3. The third-order valence-electron chi connectivity index (χ3n) is 2.72. The van der Waals surface area contributed by atoms with E-state index in [0.717, 1.165) is 24.4 Å². The molecule has 5 heteroatoms. The Bertz CT molecular complexity index is 410. The van der Waals surface area contributed by atoms with Gasteiger partial charge in [-0.25, -0.2) is 0 Å². The molecule has 106 valence electrons. The minimum Gasteiger partial charge on any atom is -0.497 e. The van der Waals surface area contributed by atoms with Gasteiger partial charge in [0.25, 0.3) is 0 Å². The van der Waals surface area contributed by atoms with Crippen LogP contribution in [0.15, 0.2) is 18.2 Å². The molecule has 0 heterocycles. The summed E-state index contributed by atoms with van der Waals surface area (Å²) in [5, 5.41) is 6.92. The highest BCUT2D eigenvalue weighted by molar-refractivity contribution is 7.80. The first-order valence-electron chi connectivity index (χ1n) is 6.48. The first-order chi connectivity index (χ1) is 9.21. The Kier molecular flexibility index (Phi) is 7.03. The minimum absolute atomic E-state index is 0.611. The van der Waals surface area contributed by atoms with Gasteiger partial charge in [0.1, 0.15) is 11.5 Å². The fourth-order valence-corrected chi connectivity index (χ4v) is 1.86. The Hall–Kier alpha value is -1.49. The lowest BCUT2D eigenvalue weighted by Gasteiger charge is -2.14. The van der Waals surface area contributed by atoms with Gasteiger partial charge in [-0.05, 0) is 30.8 Å². The number of benzene rings is 1. The van der Waals surface area contributed by atoms with Crippen molar-refractivity contribution >= 4 is 23.0 Å². The molecule has 1 aromatic carbocycles. The van der Waals surface area contributed by atoms with E-state index in [1.807, 2.05) is 18.2 Å². The number of methoxy groups -OCH3 is 2. The van der Waals surface area contributed by atoms with Crippen molar-refractivity contribution in [2.75, 3.05) is 26.1 Å². The molecule has 0 aliphatic rings. The van der Waals surface area contributed by atoms with Gasteiger partial charge in [0, 0.05) is 12.6 Å². The predicted octanol–water partition coefficient (Wildman–Crippen LogP) is 3.18. The number of rotatable bonds is 7. The summed E-state index contributed by atoms with van der Waals surface area (Å²) in [7, 11) is 3.25. The maximum absolute atomic E-state index is 5.30. The molecule has 4 nitrogen and oxygen atoms in total. The quantitative estimate of drug-likeness (QED) is 0.594. The summed E-state index contributed by atoms with van der Waals surface area (Å²) in [5.41, 5.74) is 0.830. The van der Waals surface area contributed by atoms with E-state index in [-0.39, 0.29) is 0 Å². The monoisotopic (exact) mass is 282 g/mol. The first kappa shape index (κ1) is 15.6. The first-order valence-corrected chi connectivity index (χ1v) is 6.89.